The van der Waals surface area contributed by atoms with E-state index >= 15 is 0 Å². The lowest BCUT2D eigenvalue weighted by molar-refractivity contribution is 0.00578. The molecule has 5 nitrogen and oxygen atoms in total. The molecule has 0 aliphatic carbocycles. The lowest BCUT2D eigenvalue weighted by Crippen LogP contribution is -2.41. The maximum atomic E-state index is 11.8. The largest absolute Gasteiger partial charge is 0.486 e. The van der Waals surface area contributed by atoms with Gasteiger partial charge in [0.15, 0.2) is 0 Å². The summed E-state index contributed by atoms with van der Waals surface area (Å²) < 4.78 is 17.0. The van der Waals surface area contributed by atoms with Crippen molar-refractivity contribution in [1.82, 2.24) is 4.90 Å². The smallest absolute Gasteiger partial charge is 0.444 e. The van der Waals surface area contributed by atoms with E-state index < -0.39 is 5.60 Å². The first kappa shape index (κ1) is 19.0. The molecule has 1 heterocycles. The molecular weight excluding hydrogens is 281 g/mol. The molecule has 0 bridgehead atoms. The van der Waals surface area contributed by atoms with Crippen LogP contribution in [0.3, 0.4) is 0 Å². The number of carbonyl (C=O) groups excluding carboxylic acids is 1. The normalized spacial score (nSPS) is 20.5. The van der Waals surface area contributed by atoms with Gasteiger partial charge in [0.05, 0.1) is 11.2 Å². The zero-order valence-corrected chi connectivity index (χ0v) is 15.2. The molecule has 0 unspecified atom stereocenters. The van der Waals surface area contributed by atoms with Gasteiger partial charge < -0.3 is 18.9 Å². The van der Waals surface area contributed by atoms with Gasteiger partial charge in [0.2, 0.25) is 0 Å². The molecule has 1 amide bonds. The van der Waals surface area contributed by atoms with E-state index in [0.29, 0.717) is 6.54 Å². The third-order valence-electron chi connectivity index (χ3n) is 3.90. The summed E-state index contributed by atoms with van der Waals surface area (Å²) in [5.41, 5.74) is -1.12. The van der Waals surface area contributed by atoms with Crippen LogP contribution in [0.1, 0.15) is 54.9 Å². The second-order valence-corrected chi connectivity index (χ2v) is 7.74. The first-order valence-corrected chi connectivity index (χ1v) is 7.80. The first-order chi connectivity index (χ1) is 9.84. The van der Waals surface area contributed by atoms with Gasteiger partial charge in [-0.1, -0.05) is 12.1 Å². The van der Waals surface area contributed by atoms with Gasteiger partial charge in [-0.05, 0) is 54.9 Å². The molecule has 126 valence electrons. The Balaban J connectivity index is 2.37. The Kier molecular flexibility index (Phi) is 5.74. The van der Waals surface area contributed by atoms with E-state index in [1.165, 1.54) is 0 Å². The van der Waals surface area contributed by atoms with E-state index in [2.05, 4.69) is 0 Å². The molecule has 6 heteroatoms. The summed E-state index contributed by atoms with van der Waals surface area (Å²) in [7, 11) is 1.40. The third kappa shape index (κ3) is 5.32. The Labute approximate surface area is 135 Å². The quantitative estimate of drug-likeness (QED) is 0.746. The Bertz CT molecular complexity index is 410. The second-order valence-electron chi connectivity index (χ2n) is 7.74. The van der Waals surface area contributed by atoms with Gasteiger partial charge >= 0.3 is 13.2 Å². The molecule has 0 aromatic rings. The van der Waals surface area contributed by atoms with Gasteiger partial charge in [-0.15, -0.1) is 0 Å². The van der Waals surface area contributed by atoms with Crippen molar-refractivity contribution < 1.29 is 18.8 Å². The average Bonchev–Trinajstić information content (AvgIpc) is 2.50. The van der Waals surface area contributed by atoms with Crippen LogP contribution in [0.15, 0.2) is 12.1 Å². The van der Waals surface area contributed by atoms with Gasteiger partial charge in [-0.3, -0.25) is 0 Å². The van der Waals surface area contributed by atoms with E-state index in [1.807, 2.05) is 60.5 Å². The minimum absolute atomic E-state index is 0.309. The Hall–Kier alpha value is -1.01. The van der Waals surface area contributed by atoms with Crippen molar-refractivity contribution in [1.29, 1.82) is 0 Å². The van der Waals surface area contributed by atoms with Gasteiger partial charge in [0.25, 0.3) is 0 Å². The molecule has 0 spiro atoms. The molecule has 1 fully saturated rings. The number of nitrogens with zero attached hydrogens (tertiary/aromatic N) is 1. The van der Waals surface area contributed by atoms with Gasteiger partial charge in [-0.25, -0.2) is 4.79 Å². The highest BCUT2D eigenvalue weighted by Gasteiger charge is 2.49. The van der Waals surface area contributed by atoms with Crippen LogP contribution in [-0.4, -0.2) is 48.5 Å². The molecule has 0 radical (unpaired) electrons. The van der Waals surface area contributed by atoms with E-state index in [1.54, 1.807) is 11.9 Å². The fraction of sp³-hybridized carbons (Fsp3) is 0.812. The molecule has 0 saturated carbocycles. The van der Waals surface area contributed by atoms with Crippen molar-refractivity contribution in [3.05, 3.63) is 12.1 Å². The van der Waals surface area contributed by atoms with Crippen molar-refractivity contribution in [2.24, 2.45) is 0 Å². The molecule has 0 N–H and O–H groups in total. The van der Waals surface area contributed by atoms with Crippen molar-refractivity contribution in [2.75, 3.05) is 13.6 Å². The summed E-state index contributed by atoms with van der Waals surface area (Å²) in [6, 6.07) is 0. The predicted octanol–water partition coefficient (Wildman–Crippen LogP) is 3.43. The molecule has 0 aromatic heterocycles. The van der Waals surface area contributed by atoms with E-state index in [-0.39, 0.29) is 24.4 Å². The lowest BCUT2D eigenvalue weighted by atomic mass is 9.90. The molecule has 1 aliphatic rings. The van der Waals surface area contributed by atoms with Crippen LogP contribution < -0.4 is 0 Å². The fourth-order valence-corrected chi connectivity index (χ4v) is 1.87. The minimum atomic E-state index is -0.468. The van der Waals surface area contributed by atoms with Crippen LogP contribution in [0.2, 0.25) is 0 Å². The summed E-state index contributed by atoms with van der Waals surface area (Å²) in [4.78, 5) is 13.4. The van der Waals surface area contributed by atoms with Crippen molar-refractivity contribution in [3.63, 3.8) is 0 Å². The summed E-state index contributed by atoms with van der Waals surface area (Å²) in [6.45, 7) is 14.3. The van der Waals surface area contributed by atoms with E-state index in [4.69, 9.17) is 14.0 Å². The number of rotatable bonds is 4. The fourth-order valence-electron chi connectivity index (χ4n) is 1.87. The van der Waals surface area contributed by atoms with E-state index in [9.17, 15) is 4.79 Å². The maximum Gasteiger partial charge on any atom is 0.486 e. The Morgan fingerprint density at radius 2 is 1.68 bits per heavy atom. The Morgan fingerprint density at radius 1 is 1.18 bits per heavy atom. The summed E-state index contributed by atoms with van der Waals surface area (Å²) in [5, 5.41) is 0. The van der Waals surface area contributed by atoms with Crippen LogP contribution >= 0.6 is 0 Å². The monoisotopic (exact) mass is 311 g/mol. The molecule has 0 atom stereocenters. The number of hydrogen-bond donors (Lipinski definition) is 0. The van der Waals surface area contributed by atoms with Crippen molar-refractivity contribution in [2.45, 2.75) is 71.7 Å². The highest BCUT2D eigenvalue weighted by Crippen LogP contribution is 2.36. The maximum absolute atomic E-state index is 11.8. The zero-order valence-electron chi connectivity index (χ0n) is 15.2. The zero-order chi connectivity index (χ0) is 17.2. The topological polar surface area (TPSA) is 48.0 Å². The molecule has 1 rings (SSSR count). The first-order valence-electron chi connectivity index (χ1n) is 7.80. The van der Waals surface area contributed by atoms with Gasteiger partial charge in [0.1, 0.15) is 5.60 Å². The van der Waals surface area contributed by atoms with Crippen LogP contribution in [0.5, 0.6) is 0 Å². The summed E-state index contributed by atoms with van der Waals surface area (Å²) in [5.74, 6) is 1.90. The van der Waals surface area contributed by atoms with Gasteiger partial charge in [0, 0.05) is 13.6 Å². The molecule has 1 saturated heterocycles. The average molecular weight is 311 g/mol. The number of amides is 1. The van der Waals surface area contributed by atoms with Crippen LogP contribution in [-0.2, 0) is 14.0 Å². The van der Waals surface area contributed by atoms with Crippen molar-refractivity contribution >= 4 is 13.2 Å². The SMILES string of the molecule is CN(CC/C=C/B1OC(C)(C)C(C)(C)O1)C(=O)OC(C)(C)C. The molecular formula is C16H30BNO4. The molecule has 0 aromatic carbocycles. The van der Waals surface area contributed by atoms with Crippen LogP contribution in [0.4, 0.5) is 4.79 Å². The minimum Gasteiger partial charge on any atom is -0.444 e. The van der Waals surface area contributed by atoms with Crippen LogP contribution in [0.25, 0.3) is 0 Å². The predicted molar refractivity (Wildman–Crippen MR) is 88.7 cm³/mol. The van der Waals surface area contributed by atoms with Gasteiger partial charge in [-0.2, -0.15) is 0 Å². The summed E-state index contributed by atoms with van der Waals surface area (Å²) in [6.07, 6.45) is 2.39. The second kappa shape index (κ2) is 6.63. The standard InChI is InChI=1S/C16H30BNO4/c1-14(2,3)20-13(19)18(8)12-10-9-11-17-21-15(4,5)16(6,7)22-17/h9,11H,10,12H2,1-8H3/b11-9+. The molecule has 22 heavy (non-hydrogen) atoms. The third-order valence-corrected chi connectivity index (χ3v) is 3.90. The number of carbonyl (C=O) groups is 1. The number of hydrogen-bond acceptors (Lipinski definition) is 4. The Morgan fingerprint density at radius 3 is 2.14 bits per heavy atom. The number of ether oxygens (including phenoxy) is 1. The van der Waals surface area contributed by atoms with Crippen molar-refractivity contribution in [3.8, 4) is 0 Å². The molecule has 1 aliphatic heterocycles. The summed E-state index contributed by atoms with van der Waals surface area (Å²) >= 11 is 0. The van der Waals surface area contributed by atoms with E-state index in [0.717, 1.165) is 6.42 Å². The lowest BCUT2D eigenvalue weighted by Gasteiger charge is -2.32. The van der Waals surface area contributed by atoms with Crippen LogP contribution in [0, 0.1) is 0 Å². The highest BCUT2D eigenvalue weighted by atomic mass is 16.7. The highest BCUT2D eigenvalue weighted by molar-refractivity contribution is 6.51.